The van der Waals surface area contributed by atoms with Crippen LogP contribution in [0.15, 0.2) is 30.3 Å². The van der Waals surface area contributed by atoms with Crippen molar-refractivity contribution in [2.45, 2.75) is 24.5 Å². The molecule has 1 amide bonds. The van der Waals surface area contributed by atoms with Crippen LogP contribution in [-0.4, -0.2) is 38.4 Å². The van der Waals surface area contributed by atoms with Crippen LogP contribution in [0.2, 0.25) is 0 Å². The lowest BCUT2D eigenvalue weighted by atomic mass is 9.92. The topological polar surface area (TPSA) is 73.6 Å². The van der Waals surface area contributed by atoms with Gasteiger partial charge in [0.05, 0.1) is 6.61 Å². The number of hydrogen-bond donors (Lipinski definition) is 2. The Morgan fingerprint density at radius 2 is 2.20 bits per heavy atom. The molecular weight excluding hydrogens is 256 g/mol. The van der Waals surface area contributed by atoms with Crippen LogP contribution in [0.4, 0.5) is 0 Å². The first-order chi connectivity index (χ1) is 9.50. The van der Waals surface area contributed by atoms with E-state index in [1.807, 2.05) is 30.3 Å². The molecule has 1 aromatic carbocycles. The number of amides is 1. The SMILES string of the molecule is COC1(CNC(=O)C(C)(N)c2ccccc2)CCOC1. The molecule has 2 unspecified atom stereocenters. The number of hydrogen-bond acceptors (Lipinski definition) is 4. The van der Waals surface area contributed by atoms with Crippen molar-refractivity contribution in [1.82, 2.24) is 5.32 Å². The van der Waals surface area contributed by atoms with Crippen LogP contribution in [0.1, 0.15) is 18.9 Å². The lowest BCUT2D eigenvalue weighted by molar-refractivity contribution is -0.127. The molecule has 1 aliphatic heterocycles. The molecule has 0 saturated carbocycles. The first-order valence-corrected chi connectivity index (χ1v) is 6.76. The minimum Gasteiger partial charge on any atom is -0.378 e. The Hall–Kier alpha value is -1.43. The van der Waals surface area contributed by atoms with Crippen molar-refractivity contribution in [3.05, 3.63) is 35.9 Å². The lowest BCUT2D eigenvalue weighted by Gasteiger charge is -2.29. The molecule has 20 heavy (non-hydrogen) atoms. The zero-order valence-electron chi connectivity index (χ0n) is 12.0. The summed E-state index contributed by atoms with van der Waals surface area (Å²) < 4.78 is 10.8. The first-order valence-electron chi connectivity index (χ1n) is 6.76. The summed E-state index contributed by atoms with van der Waals surface area (Å²) in [5, 5.41) is 2.89. The Bertz CT molecular complexity index is 453. The third-order valence-electron chi connectivity index (χ3n) is 3.92. The smallest absolute Gasteiger partial charge is 0.244 e. The first kappa shape index (κ1) is 15.0. The van der Waals surface area contributed by atoms with Gasteiger partial charge in [0, 0.05) is 26.7 Å². The maximum absolute atomic E-state index is 12.3. The molecule has 0 aliphatic carbocycles. The van der Waals surface area contributed by atoms with Crippen molar-refractivity contribution >= 4 is 5.91 Å². The van der Waals surface area contributed by atoms with Crippen molar-refractivity contribution in [3.63, 3.8) is 0 Å². The van der Waals surface area contributed by atoms with E-state index in [2.05, 4.69) is 5.32 Å². The van der Waals surface area contributed by atoms with E-state index in [4.69, 9.17) is 15.2 Å². The van der Waals surface area contributed by atoms with Crippen LogP contribution < -0.4 is 11.1 Å². The van der Waals surface area contributed by atoms with Crippen molar-refractivity contribution in [2.24, 2.45) is 5.73 Å². The lowest BCUT2D eigenvalue weighted by Crippen LogP contribution is -2.53. The van der Waals surface area contributed by atoms with Crippen LogP contribution in [0.25, 0.3) is 0 Å². The predicted molar refractivity (Wildman–Crippen MR) is 76.2 cm³/mol. The number of ether oxygens (including phenoxy) is 2. The van der Waals surface area contributed by atoms with Crippen molar-refractivity contribution < 1.29 is 14.3 Å². The second kappa shape index (κ2) is 5.91. The van der Waals surface area contributed by atoms with E-state index in [9.17, 15) is 4.79 Å². The third kappa shape index (κ3) is 3.00. The summed E-state index contributed by atoms with van der Waals surface area (Å²) in [6.07, 6.45) is 0.774. The van der Waals surface area contributed by atoms with Gasteiger partial charge < -0.3 is 20.5 Å². The summed E-state index contributed by atoms with van der Waals surface area (Å²) >= 11 is 0. The molecular formula is C15H22N2O3. The molecule has 0 spiro atoms. The monoisotopic (exact) mass is 278 g/mol. The Morgan fingerprint density at radius 1 is 1.50 bits per heavy atom. The minimum atomic E-state index is -1.06. The molecule has 1 heterocycles. The number of carbonyl (C=O) groups is 1. The summed E-state index contributed by atoms with van der Waals surface area (Å²) in [7, 11) is 1.64. The molecule has 0 bridgehead atoms. The molecule has 1 saturated heterocycles. The van der Waals surface area contributed by atoms with E-state index in [0.717, 1.165) is 12.0 Å². The molecule has 1 fully saturated rings. The highest BCUT2D eigenvalue weighted by molar-refractivity contribution is 5.87. The fourth-order valence-electron chi connectivity index (χ4n) is 2.30. The number of benzene rings is 1. The average molecular weight is 278 g/mol. The largest absolute Gasteiger partial charge is 0.378 e. The molecule has 2 atom stereocenters. The van der Waals surface area contributed by atoms with Gasteiger partial charge in [-0.2, -0.15) is 0 Å². The summed E-state index contributed by atoms with van der Waals surface area (Å²) in [6.45, 7) is 3.27. The van der Waals surface area contributed by atoms with Gasteiger partial charge in [-0.15, -0.1) is 0 Å². The van der Waals surface area contributed by atoms with E-state index in [-0.39, 0.29) is 5.91 Å². The zero-order chi connectivity index (χ0) is 14.6. The number of rotatable bonds is 5. The van der Waals surface area contributed by atoms with Gasteiger partial charge in [-0.1, -0.05) is 30.3 Å². The Labute approximate surface area is 119 Å². The van der Waals surface area contributed by atoms with Crippen LogP contribution in [0, 0.1) is 0 Å². The average Bonchev–Trinajstić information content (AvgIpc) is 2.95. The summed E-state index contributed by atoms with van der Waals surface area (Å²) in [5.74, 6) is -0.216. The van der Waals surface area contributed by atoms with Gasteiger partial charge in [0.2, 0.25) is 5.91 Å². The third-order valence-corrected chi connectivity index (χ3v) is 3.92. The second-order valence-corrected chi connectivity index (χ2v) is 5.44. The normalized spacial score (nSPS) is 25.1. The Morgan fingerprint density at radius 3 is 2.75 bits per heavy atom. The maximum Gasteiger partial charge on any atom is 0.244 e. The van der Waals surface area contributed by atoms with E-state index in [1.165, 1.54) is 0 Å². The molecule has 3 N–H and O–H groups in total. The summed E-state index contributed by atoms with van der Waals surface area (Å²) in [4.78, 5) is 12.3. The summed E-state index contributed by atoms with van der Waals surface area (Å²) in [6, 6.07) is 9.34. The standard InChI is InChI=1S/C15H22N2O3/c1-14(16,12-6-4-3-5-7-12)13(18)17-10-15(19-2)8-9-20-11-15/h3-7H,8-11,16H2,1-2H3,(H,17,18). The number of nitrogens with two attached hydrogens (primary N) is 1. The molecule has 1 aromatic rings. The van der Waals surface area contributed by atoms with E-state index < -0.39 is 11.1 Å². The molecule has 2 rings (SSSR count). The highest BCUT2D eigenvalue weighted by Gasteiger charge is 2.37. The van der Waals surface area contributed by atoms with Crippen LogP contribution >= 0.6 is 0 Å². The fraction of sp³-hybridized carbons (Fsp3) is 0.533. The molecule has 5 heteroatoms. The minimum absolute atomic E-state index is 0.216. The van der Waals surface area contributed by atoms with Crippen LogP contribution in [-0.2, 0) is 19.8 Å². The molecule has 0 radical (unpaired) electrons. The van der Waals surface area contributed by atoms with Gasteiger partial charge in [-0.05, 0) is 12.5 Å². The van der Waals surface area contributed by atoms with Crippen LogP contribution in [0.3, 0.4) is 0 Å². The second-order valence-electron chi connectivity index (χ2n) is 5.44. The van der Waals surface area contributed by atoms with E-state index in [0.29, 0.717) is 19.8 Å². The maximum atomic E-state index is 12.3. The van der Waals surface area contributed by atoms with Gasteiger partial charge >= 0.3 is 0 Å². The molecule has 1 aliphatic rings. The summed E-state index contributed by atoms with van der Waals surface area (Å²) in [5.41, 5.74) is 5.46. The van der Waals surface area contributed by atoms with Gasteiger partial charge in [-0.3, -0.25) is 4.79 Å². The molecule has 5 nitrogen and oxygen atoms in total. The molecule has 0 aromatic heterocycles. The van der Waals surface area contributed by atoms with Gasteiger partial charge in [0.25, 0.3) is 0 Å². The Balaban J connectivity index is 2.01. The van der Waals surface area contributed by atoms with E-state index >= 15 is 0 Å². The number of nitrogens with one attached hydrogen (secondary N) is 1. The van der Waals surface area contributed by atoms with Gasteiger partial charge in [0.15, 0.2) is 0 Å². The quantitative estimate of drug-likeness (QED) is 0.835. The van der Waals surface area contributed by atoms with Gasteiger partial charge in [-0.25, -0.2) is 0 Å². The van der Waals surface area contributed by atoms with Crippen molar-refractivity contribution in [3.8, 4) is 0 Å². The Kier molecular flexibility index (Phi) is 4.42. The fourth-order valence-corrected chi connectivity index (χ4v) is 2.30. The van der Waals surface area contributed by atoms with E-state index in [1.54, 1.807) is 14.0 Å². The molecule has 110 valence electrons. The van der Waals surface area contributed by atoms with Crippen molar-refractivity contribution in [2.75, 3.05) is 26.9 Å². The highest BCUT2D eigenvalue weighted by Crippen LogP contribution is 2.22. The van der Waals surface area contributed by atoms with Gasteiger partial charge in [0.1, 0.15) is 11.1 Å². The van der Waals surface area contributed by atoms with Crippen molar-refractivity contribution in [1.29, 1.82) is 0 Å². The zero-order valence-corrected chi connectivity index (χ0v) is 12.0. The predicted octanol–water partition coefficient (Wildman–Crippen LogP) is 0.782. The van der Waals surface area contributed by atoms with Crippen LogP contribution in [0.5, 0.6) is 0 Å². The highest BCUT2D eigenvalue weighted by atomic mass is 16.5. The number of carbonyl (C=O) groups excluding carboxylic acids is 1. The number of methoxy groups -OCH3 is 1.